The summed E-state index contributed by atoms with van der Waals surface area (Å²) in [6, 6.07) is 15.9. The summed E-state index contributed by atoms with van der Waals surface area (Å²) in [5.74, 6) is 0.425. The third kappa shape index (κ3) is 4.82. The summed E-state index contributed by atoms with van der Waals surface area (Å²) in [5.41, 5.74) is 3.98. The molecule has 0 bridgehead atoms. The van der Waals surface area contributed by atoms with Crippen molar-refractivity contribution in [3.63, 3.8) is 0 Å². The van der Waals surface area contributed by atoms with Gasteiger partial charge < -0.3 is 0 Å². The first-order chi connectivity index (χ1) is 11.7. The Labute approximate surface area is 148 Å². The van der Waals surface area contributed by atoms with Crippen LogP contribution < -0.4 is 4.72 Å². The first-order valence-corrected chi connectivity index (χ1v) is 9.78. The Balaban J connectivity index is 1.49. The topological polar surface area (TPSA) is 15.3 Å². The Bertz CT molecular complexity index is 619. The van der Waals surface area contributed by atoms with Crippen LogP contribution in [0.2, 0.25) is 0 Å². The van der Waals surface area contributed by atoms with E-state index in [0.717, 1.165) is 39.0 Å². The van der Waals surface area contributed by atoms with Gasteiger partial charge in [-0.2, -0.15) is 0 Å². The lowest BCUT2D eigenvalue weighted by molar-refractivity contribution is 0.204. The van der Waals surface area contributed by atoms with Gasteiger partial charge in [0.2, 0.25) is 0 Å². The maximum absolute atomic E-state index is 13.0. The number of likely N-dealkylation sites (tertiary alicyclic amines) is 1. The molecule has 1 fully saturated rings. The fraction of sp³-hybridized carbons (Fsp3) is 0.400. The molecular weight excluding hydrogens is 319 g/mol. The molecule has 0 saturated carbocycles. The van der Waals surface area contributed by atoms with Crippen LogP contribution in [0.1, 0.15) is 35.4 Å². The van der Waals surface area contributed by atoms with E-state index in [1.807, 2.05) is 18.4 Å². The Hall–Kier alpha value is -1.36. The summed E-state index contributed by atoms with van der Waals surface area (Å²) in [6.45, 7) is 4.15. The van der Waals surface area contributed by atoms with Gasteiger partial charge in [-0.3, -0.25) is 9.62 Å². The highest BCUT2D eigenvalue weighted by molar-refractivity contribution is 7.96. The Morgan fingerprint density at radius 1 is 1.00 bits per heavy atom. The highest BCUT2D eigenvalue weighted by Gasteiger charge is 2.20. The van der Waals surface area contributed by atoms with Crippen LogP contribution in [0.15, 0.2) is 48.5 Å². The predicted octanol–water partition coefficient (Wildman–Crippen LogP) is 4.57. The monoisotopic (exact) mass is 344 g/mol. The summed E-state index contributed by atoms with van der Waals surface area (Å²) < 4.78 is 16.3. The van der Waals surface area contributed by atoms with Crippen molar-refractivity contribution in [1.82, 2.24) is 9.62 Å². The van der Waals surface area contributed by atoms with Gasteiger partial charge >= 0.3 is 0 Å². The third-order valence-electron chi connectivity index (χ3n) is 4.78. The number of nitrogens with zero attached hydrogens (tertiary/aromatic N) is 1. The SMILES string of the molecule is CSNCc1ccc(CN2CCC(c3ccc(F)cc3)CC2)cc1. The minimum absolute atomic E-state index is 0.146. The lowest BCUT2D eigenvalue weighted by Gasteiger charge is -2.32. The molecule has 0 unspecified atom stereocenters. The van der Waals surface area contributed by atoms with E-state index in [2.05, 4.69) is 33.9 Å². The van der Waals surface area contributed by atoms with Crippen LogP contribution in [0.25, 0.3) is 0 Å². The second-order valence-electron chi connectivity index (χ2n) is 6.44. The van der Waals surface area contributed by atoms with E-state index in [9.17, 15) is 4.39 Å². The zero-order valence-electron chi connectivity index (χ0n) is 14.2. The van der Waals surface area contributed by atoms with Crippen LogP contribution in [0.3, 0.4) is 0 Å². The smallest absolute Gasteiger partial charge is 0.123 e. The van der Waals surface area contributed by atoms with Gasteiger partial charge in [-0.25, -0.2) is 4.39 Å². The number of rotatable bonds is 6. The molecule has 1 aliphatic rings. The molecule has 24 heavy (non-hydrogen) atoms. The Morgan fingerprint density at radius 3 is 2.25 bits per heavy atom. The van der Waals surface area contributed by atoms with Crippen molar-refractivity contribution in [2.45, 2.75) is 31.8 Å². The van der Waals surface area contributed by atoms with Gasteiger partial charge in [0.05, 0.1) is 0 Å². The number of piperidine rings is 1. The minimum Gasteiger partial charge on any atom is -0.299 e. The first-order valence-electron chi connectivity index (χ1n) is 8.56. The second kappa shape index (κ2) is 8.65. The molecule has 0 atom stereocenters. The highest BCUT2D eigenvalue weighted by atomic mass is 32.2. The summed E-state index contributed by atoms with van der Waals surface area (Å²) in [4.78, 5) is 2.52. The van der Waals surface area contributed by atoms with E-state index in [0.29, 0.717) is 5.92 Å². The maximum Gasteiger partial charge on any atom is 0.123 e. The molecule has 0 amide bonds. The molecule has 1 saturated heterocycles. The van der Waals surface area contributed by atoms with Gasteiger partial charge in [0.15, 0.2) is 0 Å². The van der Waals surface area contributed by atoms with E-state index in [1.165, 1.54) is 16.7 Å². The van der Waals surface area contributed by atoms with Crippen molar-refractivity contribution in [3.8, 4) is 0 Å². The fourth-order valence-electron chi connectivity index (χ4n) is 3.34. The molecular formula is C20H25FN2S. The summed E-state index contributed by atoms with van der Waals surface area (Å²) in [5, 5.41) is 0. The van der Waals surface area contributed by atoms with E-state index >= 15 is 0 Å². The number of benzene rings is 2. The second-order valence-corrected chi connectivity index (χ2v) is 7.14. The largest absolute Gasteiger partial charge is 0.299 e. The predicted molar refractivity (Wildman–Crippen MR) is 100 cm³/mol. The average molecular weight is 344 g/mol. The number of halogens is 1. The van der Waals surface area contributed by atoms with Crippen LogP contribution in [-0.2, 0) is 13.1 Å². The molecule has 4 heteroatoms. The number of hydrogen-bond acceptors (Lipinski definition) is 3. The van der Waals surface area contributed by atoms with E-state index in [-0.39, 0.29) is 5.82 Å². The summed E-state index contributed by atoms with van der Waals surface area (Å²) in [6.07, 6.45) is 4.35. The molecule has 2 nitrogen and oxygen atoms in total. The Morgan fingerprint density at radius 2 is 1.62 bits per heavy atom. The van der Waals surface area contributed by atoms with E-state index in [4.69, 9.17) is 0 Å². The molecule has 1 aliphatic heterocycles. The van der Waals surface area contributed by atoms with Gasteiger partial charge in [-0.15, -0.1) is 0 Å². The highest BCUT2D eigenvalue weighted by Crippen LogP contribution is 2.28. The maximum atomic E-state index is 13.0. The average Bonchev–Trinajstić information content (AvgIpc) is 2.63. The van der Waals surface area contributed by atoms with Gasteiger partial charge in [0.1, 0.15) is 5.82 Å². The van der Waals surface area contributed by atoms with Gasteiger partial charge in [0, 0.05) is 13.1 Å². The van der Waals surface area contributed by atoms with Crippen LogP contribution in [0.5, 0.6) is 0 Å². The quantitative estimate of drug-likeness (QED) is 0.773. The molecule has 2 aromatic rings. The standard InChI is InChI=1S/C20H25FN2S/c1-24-22-14-16-2-4-17(5-3-16)15-23-12-10-19(11-13-23)18-6-8-20(21)9-7-18/h2-9,19,22H,10-15H2,1H3. The van der Waals surface area contributed by atoms with Crippen molar-refractivity contribution < 1.29 is 4.39 Å². The van der Waals surface area contributed by atoms with Crippen LogP contribution in [0.4, 0.5) is 4.39 Å². The molecule has 0 radical (unpaired) electrons. The normalized spacial score (nSPS) is 16.4. The van der Waals surface area contributed by atoms with Crippen LogP contribution in [0, 0.1) is 5.82 Å². The molecule has 1 heterocycles. The number of hydrogen-bond donors (Lipinski definition) is 1. The lowest BCUT2D eigenvalue weighted by Crippen LogP contribution is -2.32. The van der Waals surface area contributed by atoms with Gasteiger partial charge in [-0.1, -0.05) is 48.3 Å². The zero-order chi connectivity index (χ0) is 16.8. The van der Waals surface area contributed by atoms with Crippen molar-refractivity contribution in [2.24, 2.45) is 0 Å². The Kier molecular flexibility index (Phi) is 6.30. The fourth-order valence-corrected chi connectivity index (χ4v) is 3.65. The molecule has 3 rings (SSSR count). The third-order valence-corrected chi connectivity index (χ3v) is 5.21. The van der Waals surface area contributed by atoms with Gasteiger partial charge in [0.25, 0.3) is 0 Å². The minimum atomic E-state index is -0.146. The molecule has 0 aromatic heterocycles. The summed E-state index contributed by atoms with van der Waals surface area (Å²) >= 11 is 1.65. The summed E-state index contributed by atoms with van der Waals surface area (Å²) in [7, 11) is 0. The molecule has 1 N–H and O–H groups in total. The van der Waals surface area contributed by atoms with Crippen molar-refractivity contribution in [2.75, 3.05) is 19.3 Å². The molecule has 128 valence electrons. The van der Waals surface area contributed by atoms with Crippen molar-refractivity contribution in [3.05, 3.63) is 71.0 Å². The van der Waals surface area contributed by atoms with E-state index < -0.39 is 0 Å². The zero-order valence-corrected chi connectivity index (χ0v) is 15.0. The van der Waals surface area contributed by atoms with Crippen molar-refractivity contribution >= 4 is 11.9 Å². The van der Waals surface area contributed by atoms with Crippen LogP contribution >= 0.6 is 11.9 Å². The number of nitrogens with one attached hydrogen (secondary N) is 1. The van der Waals surface area contributed by atoms with Crippen LogP contribution in [-0.4, -0.2) is 24.2 Å². The molecule has 0 spiro atoms. The molecule has 0 aliphatic carbocycles. The first kappa shape index (κ1) is 17.5. The van der Waals surface area contributed by atoms with Gasteiger partial charge in [-0.05, 0) is 66.9 Å². The van der Waals surface area contributed by atoms with Crippen molar-refractivity contribution in [1.29, 1.82) is 0 Å². The lowest BCUT2D eigenvalue weighted by atomic mass is 9.89. The van der Waals surface area contributed by atoms with E-state index in [1.54, 1.807) is 24.1 Å². The molecule has 2 aromatic carbocycles.